The minimum atomic E-state index is -2.68. The summed E-state index contributed by atoms with van der Waals surface area (Å²) in [5.41, 5.74) is 0.273. The summed E-state index contributed by atoms with van der Waals surface area (Å²) in [5, 5.41) is 2.20. The summed E-state index contributed by atoms with van der Waals surface area (Å²) in [4.78, 5) is 10.8. The first-order valence-corrected chi connectivity index (χ1v) is 4.74. The molecular formula is C11H13F2NO2. The fourth-order valence-corrected chi connectivity index (χ4v) is 1.42. The number of methoxy groups -OCH3 is 1. The Morgan fingerprint density at radius 3 is 2.50 bits per heavy atom. The van der Waals surface area contributed by atoms with Crippen molar-refractivity contribution >= 4 is 5.91 Å². The number of ether oxygens (including phenoxy) is 1. The molecule has 0 saturated carbocycles. The third-order valence-electron chi connectivity index (χ3n) is 2.08. The minimum Gasteiger partial charge on any atom is -0.496 e. The van der Waals surface area contributed by atoms with Crippen molar-refractivity contribution in [3.8, 4) is 5.75 Å². The third-order valence-corrected chi connectivity index (χ3v) is 2.08. The van der Waals surface area contributed by atoms with Gasteiger partial charge in [-0.2, -0.15) is 0 Å². The van der Waals surface area contributed by atoms with Crippen LogP contribution in [0.4, 0.5) is 8.78 Å². The summed E-state index contributed by atoms with van der Waals surface area (Å²) in [6.45, 7) is 1.20. The lowest BCUT2D eigenvalue weighted by Crippen LogP contribution is -2.31. The Labute approximate surface area is 92.4 Å². The molecule has 16 heavy (non-hydrogen) atoms. The molecule has 0 spiro atoms. The molecule has 1 aromatic carbocycles. The molecule has 1 rings (SSSR count). The molecular weight excluding hydrogens is 216 g/mol. The molecule has 0 fully saturated rings. The Hall–Kier alpha value is -1.65. The van der Waals surface area contributed by atoms with E-state index in [2.05, 4.69) is 5.32 Å². The molecule has 0 saturated heterocycles. The van der Waals surface area contributed by atoms with E-state index in [9.17, 15) is 13.6 Å². The molecule has 1 aromatic rings. The Morgan fingerprint density at radius 2 is 2.00 bits per heavy atom. The van der Waals surface area contributed by atoms with Crippen molar-refractivity contribution in [2.45, 2.75) is 19.4 Å². The number of para-hydroxylation sites is 1. The van der Waals surface area contributed by atoms with E-state index in [-0.39, 0.29) is 5.56 Å². The van der Waals surface area contributed by atoms with Crippen LogP contribution in [0, 0.1) is 0 Å². The van der Waals surface area contributed by atoms with Gasteiger partial charge in [0.1, 0.15) is 11.8 Å². The quantitative estimate of drug-likeness (QED) is 0.859. The van der Waals surface area contributed by atoms with Crippen LogP contribution in [0.2, 0.25) is 0 Å². The SMILES string of the molecule is COc1ccccc1C(NC(C)=O)C(F)F. The second-order valence-electron chi connectivity index (χ2n) is 3.25. The predicted octanol–water partition coefficient (Wildman–Crippen LogP) is 2.14. The van der Waals surface area contributed by atoms with Crippen LogP contribution >= 0.6 is 0 Å². The highest BCUT2D eigenvalue weighted by Gasteiger charge is 2.25. The molecule has 3 nitrogen and oxygen atoms in total. The van der Waals surface area contributed by atoms with Crippen molar-refractivity contribution in [3.05, 3.63) is 29.8 Å². The van der Waals surface area contributed by atoms with Crippen LogP contribution in [0.25, 0.3) is 0 Å². The normalized spacial score (nSPS) is 12.3. The van der Waals surface area contributed by atoms with Gasteiger partial charge in [0, 0.05) is 12.5 Å². The predicted molar refractivity (Wildman–Crippen MR) is 55.6 cm³/mol. The van der Waals surface area contributed by atoms with Gasteiger partial charge in [0.2, 0.25) is 5.91 Å². The van der Waals surface area contributed by atoms with Crippen molar-refractivity contribution in [2.75, 3.05) is 7.11 Å². The maximum Gasteiger partial charge on any atom is 0.262 e. The van der Waals surface area contributed by atoms with Crippen LogP contribution in [0.3, 0.4) is 0 Å². The highest BCUT2D eigenvalue weighted by molar-refractivity contribution is 5.73. The van der Waals surface area contributed by atoms with Crippen molar-refractivity contribution in [2.24, 2.45) is 0 Å². The average Bonchev–Trinajstić information content (AvgIpc) is 2.25. The van der Waals surface area contributed by atoms with Crippen molar-refractivity contribution in [1.29, 1.82) is 0 Å². The van der Waals surface area contributed by atoms with Crippen LogP contribution in [0.1, 0.15) is 18.5 Å². The molecule has 1 amide bonds. The van der Waals surface area contributed by atoms with Crippen molar-refractivity contribution < 1.29 is 18.3 Å². The van der Waals surface area contributed by atoms with Gasteiger partial charge in [-0.25, -0.2) is 8.78 Å². The number of carbonyl (C=O) groups excluding carboxylic acids is 1. The lowest BCUT2D eigenvalue weighted by molar-refractivity contribution is -0.120. The van der Waals surface area contributed by atoms with Crippen LogP contribution in [0.5, 0.6) is 5.75 Å². The monoisotopic (exact) mass is 229 g/mol. The first-order chi connectivity index (χ1) is 7.56. The number of carbonyl (C=O) groups is 1. The first kappa shape index (κ1) is 12.4. The zero-order chi connectivity index (χ0) is 12.1. The summed E-state index contributed by atoms with van der Waals surface area (Å²) in [7, 11) is 1.40. The molecule has 5 heteroatoms. The van der Waals surface area contributed by atoms with Crippen LogP contribution in [-0.2, 0) is 4.79 Å². The highest BCUT2D eigenvalue weighted by Crippen LogP contribution is 2.28. The van der Waals surface area contributed by atoms with Gasteiger partial charge in [0.05, 0.1) is 7.11 Å². The summed E-state index contributed by atoms with van der Waals surface area (Å²) < 4.78 is 30.6. The van der Waals surface area contributed by atoms with Gasteiger partial charge in [-0.15, -0.1) is 0 Å². The first-order valence-electron chi connectivity index (χ1n) is 4.74. The highest BCUT2D eigenvalue weighted by atomic mass is 19.3. The zero-order valence-corrected chi connectivity index (χ0v) is 9.04. The molecule has 88 valence electrons. The summed E-state index contributed by atoms with van der Waals surface area (Å²) in [6.07, 6.45) is -2.68. The number of nitrogens with one attached hydrogen (secondary N) is 1. The Balaban J connectivity index is 3.05. The second-order valence-corrected chi connectivity index (χ2v) is 3.25. The van der Waals surface area contributed by atoms with E-state index in [0.29, 0.717) is 5.75 Å². The molecule has 1 atom stereocenters. The topological polar surface area (TPSA) is 38.3 Å². The largest absolute Gasteiger partial charge is 0.496 e. The van der Waals surface area contributed by atoms with E-state index in [1.165, 1.54) is 20.1 Å². The maximum atomic E-state index is 12.8. The van der Waals surface area contributed by atoms with Gasteiger partial charge in [-0.05, 0) is 6.07 Å². The van der Waals surface area contributed by atoms with Crippen molar-refractivity contribution in [3.63, 3.8) is 0 Å². The van der Waals surface area contributed by atoms with Gasteiger partial charge in [-0.3, -0.25) is 4.79 Å². The van der Waals surface area contributed by atoms with Crippen LogP contribution in [0.15, 0.2) is 24.3 Å². The van der Waals surface area contributed by atoms with Gasteiger partial charge in [0.25, 0.3) is 6.43 Å². The average molecular weight is 229 g/mol. The summed E-state index contributed by atoms with van der Waals surface area (Å²) in [5.74, 6) is -0.169. The molecule has 1 unspecified atom stereocenters. The molecule has 0 bridgehead atoms. The zero-order valence-electron chi connectivity index (χ0n) is 9.04. The lowest BCUT2D eigenvalue weighted by atomic mass is 10.1. The van der Waals surface area contributed by atoms with Gasteiger partial charge in [-0.1, -0.05) is 18.2 Å². The van der Waals surface area contributed by atoms with E-state index < -0.39 is 18.4 Å². The Kier molecular flexibility index (Phi) is 4.22. The number of amides is 1. The molecule has 1 N–H and O–H groups in total. The van der Waals surface area contributed by atoms with E-state index in [4.69, 9.17) is 4.74 Å². The molecule has 0 aliphatic heterocycles. The lowest BCUT2D eigenvalue weighted by Gasteiger charge is -2.19. The maximum absolute atomic E-state index is 12.8. The van der Waals surface area contributed by atoms with Gasteiger partial charge >= 0.3 is 0 Å². The molecule has 0 radical (unpaired) electrons. The second kappa shape index (κ2) is 5.44. The molecule has 0 heterocycles. The number of alkyl halides is 2. The van der Waals surface area contributed by atoms with Crippen LogP contribution in [-0.4, -0.2) is 19.4 Å². The molecule has 0 aliphatic carbocycles. The van der Waals surface area contributed by atoms with E-state index in [1.807, 2.05) is 0 Å². The smallest absolute Gasteiger partial charge is 0.262 e. The molecule has 0 aromatic heterocycles. The summed E-state index contributed by atoms with van der Waals surface area (Å²) >= 11 is 0. The number of halogens is 2. The number of hydrogen-bond acceptors (Lipinski definition) is 2. The van der Waals surface area contributed by atoms with Crippen molar-refractivity contribution in [1.82, 2.24) is 5.32 Å². The minimum absolute atomic E-state index is 0.273. The van der Waals surface area contributed by atoms with E-state index in [0.717, 1.165) is 0 Å². The standard InChI is InChI=1S/C11H13F2NO2/c1-7(15)14-10(11(12)13)8-5-3-4-6-9(8)16-2/h3-6,10-11H,1-2H3,(H,14,15). The molecule has 0 aliphatic rings. The fraction of sp³-hybridized carbons (Fsp3) is 0.364. The van der Waals surface area contributed by atoms with Gasteiger partial charge in [0.15, 0.2) is 0 Å². The van der Waals surface area contributed by atoms with Gasteiger partial charge < -0.3 is 10.1 Å². The Morgan fingerprint density at radius 1 is 1.38 bits per heavy atom. The third kappa shape index (κ3) is 2.92. The number of rotatable bonds is 4. The van der Waals surface area contributed by atoms with Crippen LogP contribution < -0.4 is 10.1 Å². The number of hydrogen-bond donors (Lipinski definition) is 1. The van der Waals surface area contributed by atoms with E-state index >= 15 is 0 Å². The van der Waals surface area contributed by atoms with E-state index in [1.54, 1.807) is 18.2 Å². The fourth-order valence-electron chi connectivity index (χ4n) is 1.42. The number of benzene rings is 1. The summed E-state index contributed by atoms with van der Waals surface area (Å²) in [6, 6.07) is 5.04. The Bertz CT molecular complexity index is 369.